The summed E-state index contributed by atoms with van der Waals surface area (Å²) in [6, 6.07) is 4.64. The summed E-state index contributed by atoms with van der Waals surface area (Å²) in [5.74, 6) is -0.630. The summed E-state index contributed by atoms with van der Waals surface area (Å²) in [6.45, 7) is 6.84. The third-order valence-electron chi connectivity index (χ3n) is 5.48. The quantitative estimate of drug-likeness (QED) is 0.839. The minimum atomic E-state index is -0.683. The fourth-order valence-corrected chi connectivity index (χ4v) is 3.91. The van der Waals surface area contributed by atoms with Crippen molar-refractivity contribution in [2.75, 3.05) is 6.54 Å². The second-order valence-electron chi connectivity index (χ2n) is 7.94. The van der Waals surface area contributed by atoms with Crippen molar-refractivity contribution in [3.05, 3.63) is 47.0 Å². The molecule has 4 rings (SSSR count). The molecule has 0 spiro atoms. The third kappa shape index (κ3) is 2.90. The first-order chi connectivity index (χ1) is 12.8. The molecule has 27 heavy (non-hydrogen) atoms. The number of rotatable bonds is 3. The number of amides is 2. The van der Waals surface area contributed by atoms with Gasteiger partial charge >= 0.3 is 0 Å². The van der Waals surface area contributed by atoms with Crippen molar-refractivity contribution in [1.82, 2.24) is 25.0 Å². The zero-order chi connectivity index (χ0) is 19.3. The van der Waals surface area contributed by atoms with Gasteiger partial charge in [0.1, 0.15) is 11.7 Å². The molecule has 2 atom stereocenters. The number of nitrogens with one attached hydrogen (secondary N) is 1. The number of pyridine rings is 1. The van der Waals surface area contributed by atoms with E-state index in [1.165, 1.54) is 0 Å². The summed E-state index contributed by atoms with van der Waals surface area (Å²) < 4.78 is 1.54. The van der Waals surface area contributed by atoms with Crippen LogP contribution >= 0.6 is 0 Å². The summed E-state index contributed by atoms with van der Waals surface area (Å²) in [7, 11) is 0. The van der Waals surface area contributed by atoms with E-state index in [9.17, 15) is 9.59 Å². The fourth-order valence-electron chi connectivity index (χ4n) is 3.91. The molecule has 4 heterocycles. The van der Waals surface area contributed by atoms with Gasteiger partial charge in [0.15, 0.2) is 0 Å². The van der Waals surface area contributed by atoms with Crippen LogP contribution in [0.2, 0.25) is 0 Å². The number of fused-ring (bicyclic) bond motifs is 3. The monoisotopic (exact) mass is 368 g/mol. The molecular weight excluding hydrogens is 344 g/mol. The first kappa shape index (κ1) is 17.7. The number of aromatic nitrogens is 3. The zero-order valence-corrected chi connectivity index (χ0v) is 15.8. The SMILES string of the molecule is C[C@H](c1ccccn1)N1CC(C(N)=O)n2nc3c(c2C1=O)CNC(C)(C)C3. The normalized spacial score (nSPS) is 22.1. The Kier molecular flexibility index (Phi) is 4.03. The number of primary amides is 1. The van der Waals surface area contributed by atoms with Crippen LogP contribution < -0.4 is 11.1 Å². The Hall–Kier alpha value is -2.74. The van der Waals surface area contributed by atoms with Crippen molar-refractivity contribution >= 4 is 11.8 Å². The van der Waals surface area contributed by atoms with Crippen LogP contribution in [0.15, 0.2) is 24.4 Å². The third-order valence-corrected chi connectivity index (χ3v) is 5.48. The lowest BCUT2D eigenvalue weighted by Crippen LogP contribution is -2.49. The van der Waals surface area contributed by atoms with E-state index in [1.807, 2.05) is 25.1 Å². The van der Waals surface area contributed by atoms with Gasteiger partial charge in [-0.2, -0.15) is 5.10 Å². The van der Waals surface area contributed by atoms with Crippen LogP contribution in [0.25, 0.3) is 0 Å². The second kappa shape index (κ2) is 6.16. The predicted molar refractivity (Wildman–Crippen MR) is 98.8 cm³/mol. The highest BCUT2D eigenvalue weighted by Gasteiger charge is 2.42. The molecule has 142 valence electrons. The predicted octanol–water partition coefficient (Wildman–Crippen LogP) is 0.946. The van der Waals surface area contributed by atoms with E-state index in [4.69, 9.17) is 5.73 Å². The van der Waals surface area contributed by atoms with Gasteiger partial charge in [0, 0.05) is 30.3 Å². The van der Waals surface area contributed by atoms with E-state index in [-0.39, 0.29) is 24.0 Å². The van der Waals surface area contributed by atoms with Gasteiger partial charge in [-0.05, 0) is 32.9 Å². The molecule has 0 aliphatic carbocycles. The Morgan fingerprint density at radius 2 is 2.19 bits per heavy atom. The maximum absolute atomic E-state index is 13.4. The van der Waals surface area contributed by atoms with Crippen LogP contribution in [0.5, 0.6) is 0 Å². The number of nitrogens with zero attached hydrogens (tertiary/aromatic N) is 4. The largest absolute Gasteiger partial charge is 0.368 e. The molecule has 0 saturated carbocycles. The van der Waals surface area contributed by atoms with Gasteiger partial charge in [0.25, 0.3) is 5.91 Å². The van der Waals surface area contributed by atoms with Gasteiger partial charge in [-0.15, -0.1) is 0 Å². The van der Waals surface area contributed by atoms with Gasteiger partial charge in [-0.3, -0.25) is 14.6 Å². The maximum atomic E-state index is 13.4. The number of carbonyl (C=O) groups is 2. The molecule has 2 aliphatic heterocycles. The molecule has 2 aromatic heterocycles. The van der Waals surface area contributed by atoms with Crippen molar-refractivity contribution in [2.24, 2.45) is 5.73 Å². The summed E-state index contributed by atoms with van der Waals surface area (Å²) in [4.78, 5) is 31.6. The Morgan fingerprint density at radius 1 is 1.41 bits per heavy atom. The van der Waals surface area contributed by atoms with Crippen LogP contribution in [0.3, 0.4) is 0 Å². The van der Waals surface area contributed by atoms with E-state index in [0.717, 1.165) is 17.0 Å². The molecule has 1 unspecified atom stereocenters. The maximum Gasteiger partial charge on any atom is 0.273 e. The molecule has 0 aromatic carbocycles. The van der Waals surface area contributed by atoms with Crippen LogP contribution in [0, 0.1) is 0 Å². The zero-order valence-electron chi connectivity index (χ0n) is 15.8. The van der Waals surface area contributed by atoms with Crippen LogP contribution in [0.4, 0.5) is 0 Å². The average molecular weight is 368 g/mol. The van der Waals surface area contributed by atoms with Crippen molar-refractivity contribution < 1.29 is 9.59 Å². The van der Waals surface area contributed by atoms with Gasteiger partial charge in [-0.25, -0.2) is 4.68 Å². The summed E-state index contributed by atoms with van der Waals surface area (Å²) >= 11 is 0. The lowest BCUT2D eigenvalue weighted by molar-refractivity contribution is -0.122. The summed E-state index contributed by atoms with van der Waals surface area (Å²) in [6.07, 6.45) is 2.39. The number of nitrogens with two attached hydrogens (primary N) is 1. The van der Waals surface area contributed by atoms with E-state index >= 15 is 0 Å². The highest BCUT2D eigenvalue weighted by atomic mass is 16.2. The molecule has 0 radical (unpaired) electrons. The lowest BCUT2D eigenvalue weighted by atomic mass is 9.91. The highest BCUT2D eigenvalue weighted by Crippen LogP contribution is 2.33. The van der Waals surface area contributed by atoms with E-state index in [1.54, 1.807) is 15.8 Å². The number of carbonyl (C=O) groups excluding carboxylic acids is 2. The molecule has 2 aromatic rings. The van der Waals surface area contributed by atoms with Crippen molar-refractivity contribution in [2.45, 2.75) is 51.4 Å². The molecule has 0 saturated heterocycles. The molecule has 3 N–H and O–H groups in total. The Morgan fingerprint density at radius 3 is 2.85 bits per heavy atom. The molecular formula is C19H24N6O2. The lowest BCUT2D eigenvalue weighted by Gasteiger charge is -2.36. The van der Waals surface area contributed by atoms with Gasteiger partial charge < -0.3 is 16.0 Å². The van der Waals surface area contributed by atoms with Crippen LogP contribution in [0.1, 0.15) is 60.3 Å². The van der Waals surface area contributed by atoms with E-state index in [0.29, 0.717) is 18.7 Å². The van der Waals surface area contributed by atoms with Crippen LogP contribution in [-0.4, -0.2) is 43.6 Å². The van der Waals surface area contributed by atoms with Crippen molar-refractivity contribution in [3.63, 3.8) is 0 Å². The summed E-state index contributed by atoms with van der Waals surface area (Å²) in [5, 5.41) is 8.06. The average Bonchev–Trinajstić information content (AvgIpc) is 2.99. The van der Waals surface area contributed by atoms with Gasteiger partial charge in [0.2, 0.25) is 5.91 Å². The molecule has 2 amide bonds. The molecule has 0 bridgehead atoms. The van der Waals surface area contributed by atoms with Crippen molar-refractivity contribution in [3.8, 4) is 0 Å². The Balaban J connectivity index is 1.78. The van der Waals surface area contributed by atoms with E-state index in [2.05, 4.69) is 29.2 Å². The Bertz CT molecular complexity index is 904. The minimum Gasteiger partial charge on any atom is -0.368 e. The summed E-state index contributed by atoms with van der Waals surface area (Å²) in [5.41, 5.74) is 8.53. The van der Waals surface area contributed by atoms with Crippen LogP contribution in [-0.2, 0) is 17.8 Å². The molecule has 2 aliphatic rings. The minimum absolute atomic E-state index is 0.107. The van der Waals surface area contributed by atoms with Crippen molar-refractivity contribution in [1.29, 1.82) is 0 Å². The van der Waals surface area contributed by atoms with Gasteiger partial charge in [-0.1, -0.05) is 6.07 Å². The van der Waals surface area contributed by atoms with Gasteiger partial charge in [0.05, 0.1) is 24.0 Å². The number of hydrogen-bond donors (Lipinski definition) is 2. The highest BCUT2D eigenvalue weighted by molar-refractivity contribution is 5.97. The smallest absolute Gasteiger partial charge is 0.273 e. The molecule has 0 fully saturated rings. The topological polar surface area (TPSA) is 106 Å². The van der Waals surface area contributed by atoms with E-state index < -0.39 is 11.9 Å². The Labute approximate surface area is 157 Å². The fraction of sp³-hybridized carbons (Fsp3) is 0.474. The number of hydrogen-bond acceptors (Lipinski definition) is 5. The standard InChI is InChI=1S/C19H24N6O2/c1-11(13-6-4-5-7-21-13)24-10-15(17(20)26)25-16(18(24)27)12-9-22-19(2,3)8-14(12)23-25/h4-7,11,15,22H,8-10H2,1-3H3,(H2,20,26)/t11-,15?/m1/s1. The molecule has 8 heteroatoms. The molecule has 8 nitrogen and oxygen atoms in total. The first-order valence-electron chi connectivity index (χ1n) is 9.15. The second-order valence-corrected chi connectivity index (χ2v) is 7.94. The first-order valence-corrected chi connectivity index (χ1v) is 9.15.